The quantitative estimate of drug-likeness (QED) is 0.0345. The summed E-state index contributed by atoms with van der Waals surface area (Å²) >= 11 is 0. The predicted molar refractivity (Wildman–Crippen MR) is 307 cm³/mol. The Hall–Kier alpha value is -1.62. The molecular formula is C65H124O5. The van der Waals surface area contributed by atoms with Gasteiger partial charge in [0.15, 0.2) is 6.10 Å². The summed E-state index contributed by atoms with van der Waals surface area (Å²) in [5, 5.41) is 0. The zero-order valence-corrected chi connectivity index (χ0v) is 47.8. The molecule has 0 heterocycles. The number of hydrogen-bond donors (Lipinski definition) is 0. The van der Waals surface area contributed by atoms with E-state index in [4.69, 9.17) is 14.2 Å². The van der Waals surface area contributed by atoms with Gasteiger partial charge in [0, 0.05) is 19.4 Å². The normalized spacial score (nSPS) is 12.2. The van der Waals surface area contributed by atoms with Gasteiger partial charge in [-0.2, -0.15) is 0 Å². The Bertz CT molecular complexity index is 1070. The lowest BCUT2D eigenvalue weighted by molar-refractivity contribution is -0.163. The first-order valence-electron chi connectivity index (χ1n) is 31.9. The lowest BCUT2D eigenvalue weighted by atomic mass is 10.0. The highest BCUT2D eigenvalue weighted by Crippen LogP contribution is 2.17. The van der Waals surface area contributed by atoms with Crippen molar-refractivity contribution in [1.82, 2.24) is 0 Å². The standard InChI is InChI=1S/C65H124O5/c1-4-7-10-13-16-19-22-25-28-31-33-35-37-40-43-46-49-52-55-58-64(66)69-62-63(61-68-60-57-54-51-48-45-42-39-30-27-24-21-18-15-12-9-6-3)70-65(67)59-56-53-50-47-44-41-38-36-34-32-29-26-23-20-17-14-11-8-5-2/h25-26,28-29,63H,4-24,27,30-62H2,1-3H3/b28-25-,29-26-/t63-/m1/s1. The molecule has 0 aliphatic heterocycles. The molecule has 0 radical (unpaired) electrons. The maximum Gasteiger partial charge on any atom is 0.306 e. The average Bonchev–Trinajstić information content (AvgIpc) is 3.36. The molecule has 70 heavy (non-hydrogen) atoms. The Kier molecular flexibility index (Phi) is 60.3. The van der Waals surface area contributed by atoms with Gasteiger partial charge >= 0.3 is 11.9 Å². The van der Waals surface area contributed by atoms with Gasteiger partial charge in [-0.25, -0.2) is 0 Å². The molecular weight excluding hydrogens is 861 g/mol. The van der Waals surface area contributed by atoms with E-state index in [2.05, 4.69) is 45.1 Å². The molecule has 0 bridgehead atoms. The van der Waals surface area contributed by atoms with Crippen LogP contribution in [0.2, 0.25) is 0 Å². The van der Waals surface area contributed by atoms with Crippen molar-refractivity contribution in [2.45, 2.75) is 361 Å². The summed E-state index contributed by atoms with van der Waals surface area (Å²) in [6, 6.07) is 0. The molecule has 414 valence electrons. The summed E-state index contributed by atoms with van der Waals surface area (Å²) < 4.78 is 17.6. The Balaban J connectivity index is 4.22. The Morgan fingerprint density at radius 1 is 0.300 bits per heavy atom. The van der Waals surface area contributed by atoms with E-state index >= 15 is 0 Å². The van der Waals surface area contributed by atoms with Crippen molar-refractivity contribution in [1.29, 1.82) is 0 Å². The summed E-state index contributed by atoms with van der Waals surface area (Å²) in [5.74, 6) is -0.376. The number of ether oxygens (including phenoxy) is 3. The minimum atomic E-state index is -0.533. The largest absolute Gasteiger partial charge is 0.462 e. The molecule has 0 aliphatic rings. The van der Waals surface area contributed by atoms with Crippen LogP contribution < -0.4 is 0 Å². The van der Waals surface area contributed by atoms with E-state index in [0.717, 1.165) is 32.1 Å². The van der Waals surface area contributed by atoms with Crippen molar-refractivity contribution in [2.75, 3.05) is 19.8 Å². The van der Waals surface area contributed by atoms with Crippen molar-refractivity contribution in [3.63, 3.8) is 0 Å². The minimum absolute atomic E-state index is 0.0912. The monoisotopic (exact) mass is 985 g/mol. The number of unbranched alkanes of at least 4 members (excludes halogenated alkanes) is 45. The summed E-state index contributed by atoms with van der Waals surface area (Å²) in [4.78, 5) is 25.6. The van der Waals surface area contributed by atoms with Crippen LogP contribution >= 0.6 is 0 Å². The smallest absolute Gasteiger partial charge is 0.306 e. The van der Waals surface area contributed by atoms with Gasteiger partial charge in [0.2, 0.25) is 0 Å². The summed E-state index contributed by atoms with van der Waals surface area (Å²) in [6.45, 7) is 7.90. The predicted octanol–water partition coefficient (Wildman–Crippen LogP) is 21.9. The second kappa shape index (κ2) is 61.7. The first-order chi connectivity index (χ1) is 34.6. The molecule has 0 aromatic rings. The van der Waals surface area contributed by atoms with Gasteiger partial charge in [-0.1, -0.05) is 295 Å². The van der Waals surface area contributed by atoms with Gasteiger partial charge < -0.3 is 14.2 Å². The van der Waals surface area contributed by atoms with Crippen LogP contribution in [0.25, 0.3) is 0 Å². The van der Waals surface area contributed by atoms with Crippen LogP contribution in [0.15, 0.2) is 24.3 Å². The number of allylic oxidation sites excluding steroid dienone is 4. The fraction of sp³-hybridized carbons (Fsp3) is 0.908. The molecule has 0 fully saturated rings. The van der Waals surface area contributed by atoms with Gasteiger partial charge in [0.25, 0.3) is 0 Å². The van der Waals surface area contributed by atoms with Crippen molar-refractivity contribution in [3.8, 4) is 0 Å². The number of carbonyl (C=O) groups is 2. The van der Waals surface area contributed by atoms with Crippen molar-refractivity contribution in [3.05, 3.63) is 24.3 Å². The molecule has 0 rings (SSSR count). The lowest BCUT2D eigenvalue weighted by Gasteiger charge is -2.18. The molecule has 5 nitrogen and oxygen atoms in total. The second-order valence-electron chi connectivity index (χ2n) is 21.7. The van der Waals surface area contributed by atoms with E-state index in [0.29, 0.717) is 26.1 Å². The topological polar surface area (TPSA) is 61.8 Å². The Morgan fingerprint density at radius 3 is 0.871 bits per heavy atom. The summed E-state index contributed by atoms with van der Waals surface area (Å²) in [6.07, 6.45) is 75.0. The van der Waals surface area contributed by atoms with E-state index in [1.165, 1.54) is 289 Å². The van der Waals surface area contributed by atoms with Crippen LogP contribution in [-0.4, -0.2) is 37.9 Å². The molecule has 5 heteroatoms. The van der Waals surface area contributed by atoms with Crippen LogP contribution in [0.5, 0.6) is 0 Å². The van der Waals surface area contributed by atoms with E-state index < -0.39 is 6.10 Å². The zero-order valence-electron chi connectivity index (χ0n) is 47.8. The third-order valence-corrected chi connectivity index (χ3v) is 14.5. The number of hydrogen-bond acceptors (Lipinski definition) is 5. The van der Waals surface area contributed by atoms with Gasteiger partial charge in [-0.3, -0.25) is 9.59 Å². The number of esters is 2. The molecule has 0 N–H and O–H groups in total. The molecule has 0 aromatic carbocycles. The van der Waals surface area contributed by atoms with E-state index in [-0.39, 0.29) is 18.5 Å². The van der Waals surface area contributed by atoms with E-state index in [9.17, 15) is 9.59 Å². The van der Waals surface area contributed by atoms with Crippen molar-refractivity contribution >= 4 is 11.9 Å². The van der Waals surface area contributed by atoms with Crippen LogP contribution in [0.3, 0.4) is 0 Å². The van der Waals surface area contributed by atoms with Gasteiger partial charge in [0.05, 0.1) is 6.61 Å². The first-order valence-corrected chi connectivity index (χ1v) is 31.9. The highest BCUT2D eigenvalue weighted by molar-refractivity contribution is 5.70. The molecule has 0 saturated carbocycles. The minimum Gasteiger partial charge on any atom is -0.462 e. The van der Waals surface area contributed by atoms with Crippen LogP contribution in [0, 0.1) is 0 Å². The molecule has 0 aliphatic carbocycles. The summed E-state index contributed by atoms with van der Waals surface area (Å²) in [5.41, 5.74) is 0. The third kappa shape index (κ3) is 58.9. The van der Waals surface area contributed by atoms with E-state index in [1.807, 2.05) is 0 Å². The zero-order chi connectivity index (χ0) is 50.6. The molecule has 0 spiro atoms. The fourth-order valence-electron chi connectivity index (χ4n) is 9.68. The van der Waals surface area contributed by atoms with Crippen LogP contribution in [0.4, 0.5) is 0 Å². The van der Waals surface area contributed by atoms with Crippen LogP contribution in [0.1, 0.15) is 355 Å². The first kappa shape index (κ1) is 68.4. The van der Waals surface area contributed by atoms with Gasteiger partial charge in [-0.05, 0) is 70.6 Å². The maximum absolute atomic E-state index is 12.9. The molecule has 1 atom stereocenters. The van der Waals surface area contributed by atoms with Crippen molar-refractivity contribution in [2.24, 2.45) is 0 Å². The van der Waals surface area contributed by atoms with Crippen molar-refractivity contribution < 1.29 is 23.8 Å². The lowest BCUT2D eigenvalue weighted by Crippen LogP contribution is -2.30. The molecule has 0 amide bonds. The van der Waals surface area contributed by atoms with Gasteiger partial charge in [0.1, 0.15) is 6.61 Å². The number of carbonyl (C=O) groups excluding carboxylic acids is 2. The highest BCUT2D eigenvalue weighted by Gasteiger charge is 2.18. The Morgan fingerprint density at radius 2 is 0.557 bits per heavy atom. The van der Waals surface area contributed by atoms with Gasteiger partial charge in [-0.15, -0.1) is 0 Å². The highest BCUT2D eigenvalue weighted by atomic mass is 16.6. The summed E-state index contributed by atoms with van der Waals surface area (Å²) in [7, 11) is 0. The second-order valence-corrected chi connectivity index (χ2v) is 21.7. The number of rotatable bonds is 60. The molecule has 0 saturated heterocycles. The SMILES string of the molecule is CCCCCCCC/C=C\CCCCCCCCCCCC(=O)OC[C@@H](COCCCCCCCCCCCCCCCCCC)OC(=O)CCCCCCCCCCC/C=C\CCCCCCCC. The van der Waals surface area contributed by atoms with Crippen LogP contribution in [-0.2, 0) is 23.8 Å². The third-order valence-electron chi connectivity index (χ3n) is 14.5. The fourth-order valence-corrected chi connectivity index (χ4v) is 9.68. The van der Waals surface area contributed by atoms with E-state index in [1.54, 1.807) is 0 Å². The maximum atomic E-state index is 12.9. The molecule has 0 aromatic heterocycles. The average molecular weight is 986 g/mol. The Labute approximate surface area is 438 Å². The molecule has 0 unspecified atom stereocenters.